The summed E-state index contributed by atoms with van der Waals surface area (Å²) in [6, 6.07) is 4.29. The molecule has 0 radical (unpaired) electrons. The number of rotatable bonds is 7. The van der Waals surface area contributed by atoms with Crippen LogP contribution in [0.15, 0.2) is 40.2 Å². The minimum Gasteiger partial charge on any atom is -0.390 e. The summed E-state index contributed by atoms with van der Waals surface area (Å²) < 4.78 is 57.2. The number of carbonyl (C=O) groups excluding carboxylic acids is 1. The van der Waals surface area contributed by atoms with Crippen molar-refractivity contribution < 1.29 is 27.1 Å². The van der Waals surface area contributed by atoms with E-state index in [2.05, 4.69) is 15.0 Å². The maximum absolute atomic E-state index is 14.9. The second-order valence-electron chi connectivity index (χ2n) is 7.51. The van der Waals surface area contributed by atoms with E-state index >= 15 is 0 Å². The number of imidazole rings is 1. The van der Waals surface area contributed by atoms with Gasteiger partial charge in [0, 0.05) is 17.4 Å². The molecule has 10 nitrogen and oxygen atoms in total. The van der Waals surface area contributed by atoms with E-state index in [1.54, 1.807) is 17.7 Å². The van der Waals surface area contributed by atoms with Gasteiger partial charge in [0.25, 0.3) is 10.0 Å². The number of aliphatic hydroxyl groups excluding tert-OH is 1. The Morgan fingerprint density at radius 2 is 1.94 bits per heavy atom. The predicted octanol–water partition coefficient (Wildman–Crippen LogP) is 1.70. The van der Waals surface area contributed by atoms with E-state index in [1.165, 1.54) is 12.3 Å². The molecule has 0 fully saturated rings. The Balaban J connectivity index is 1.78. The van der Waals surface area contributed by atoms with Crippen LogP contribution in [0.25, 0.3) is 22.1 Å². The molecule has 0 unspecified atom stereocenters. The summed E-state index contributed by atoms with van der Waals surface area (Å²) in [4.78, 5) is 34.3. The molecule has 178 valence electrons. The van der Waals surface area contributed by atoms with Gasteiger partial charge in [-0.1, -0.05) is 6.92 Å². The fourth-order valence-electron chi connectivity index (χ4n) is 3.54. The first-order valence-electron chi connectivity index (χ1n) is 10.2. The topological polar surface area (TPSA) is 147 Å². The molecule has 1 amide bonds. The molecule has 0 aliphatic carbocycles. The highest BCUT2D eigenvalue weighted by atomic mass is 32.2. The zero-order valence-electron chi connectivity index (χ0n) is 17.8. The number of aromatic amines is 1. The zero-order chi connectivity index (χ0) is 24.6. The Labute approximate surface area is 191 Å². The second kappa shape index (κ2) is 8.91. The lowest BCUT2D eigenvalue weighted by Crippen LogP contribution is -2.30. The van der Waals surface area contributed by atoms with E-state index in [1.807, 2.05) is 0 Å². The Kier molecular flexibility index (Phi) is 6.15. The fourth-order valence-corrected chi connectivity index (χ4v) is 4.58. The number of hydrogen-bond acceptors (Lipinski definition) is 7. The molecule has 0 bridgehead atoms. The SMILES string of the molecule is CCCC(=O)NS(=O)(=O)c1cc(F)c(Cn2c(=O)[nH]c3cnc4nc(CO)ccc4c32)c(F)c1. The highest BCUT2D eigenvalue weighted by Gasteiger charge is 2.23. The lowest BCUT2D eigenvalue weighted by molar-refractivity contribution is -0.119. The molecule has 13 heteroatoms. The number of pyridine rings is 2. The molecule has 3 aromatic heterocycles. The summed E-state index contributed by atoms with van der Waals surface area (Å²) in [7, 11) is -4.47. The summed E-state index contributed by atoms with van der Waals surface area (Å²) in [5.74, 6) is -3.21. The van der Waals surface area contributed by atoms with Crippen molar-refractivity contribution in [3.8, 4) is 0 Å². The highest BCUT2D eigenvalue weighted by Crippen LogP contribution is 2.24. The molecule has 0 saturated heterocycles. The fraction of sp³-hybridized carbons (Fsp3) is 0.238. The van der Waals surface area contributed by atoms with Crippen molar-refractivity contribution >= 4 is 38.0 Å². The van der Waals surface area contributed by atoms with Gasteiger partial charge in [-0.25, -0.2) is 36.7 Å². The van der Waals surface area contributed by atoms with Gasteiger partial charge >= 0.3 is 5.69 Å². The van der Waals surface area contributed by atoms with Crippen LogP contribution in [0.1, 0.15) is 31.0 Å². The van der Waals surface area contributed by atoms with E-state index < -0.39 is 50.3 Å². The molecule has 0 aliphatic rings. The van der Waals surface area contributed by atoms with Crippen molar-refractivity contribution in [2.45, 2.75) is 37.8 Å². The third-order valence-corrected chi connectivity index (χ3v) is 6.50. The first-order valence-corrected chi connectivity index (χ1v) is 11.6. The van der Waals surface area contributed by atoms with Gasteiger partial charge in [0.1, 0.15) is 11.6 Å². The number of hydrogen-bond donors (Lipinski definition) is 3. The smallest absolute Gasteiger partial charge is 0.326 e. The van der Waals surface area contributed by atoms with Gasteiger partial charge in [-0.15, -0.1) is 0 Å². The van der Waals surface area contributed by atoms with E-state index in [-0.39, 0.29) is 24.2 Å². The molecule has 0 spiro atoms. The number of nitrogens with zero attached hydrogens (tertiary/aromatic N) is 3. The Morgan fingerprint density at radius 1 is 1.24 bits per heavy atom. The third-order valence-electron chi connectivity index (χ3n) is 5.14. The van der Waals surface area contributed by atoms with E-state index in [0.717, 1.165) is 4.57 Å². The summed E-state index contributed by atoms with van der Waals surface area (Å²) >= 11 is 0. The van der Waals surface area contributed by atoms with Crippen LogP contribution in [0.5, 0.6) is 0 Å². The van der Waals surface area contributed by atoms with Crippen molar-refractivity contribution in [1.29, 1.82) is 0 Å². The van der Waals surface area contributed by atoms with E-state index in [0.29, 0.717) is 35.2 Å². The van der Waals surface area contributed by atoms with Crippen LogP contribution < -0.4 is 10.4 Å². The van der Waals surface area contributed by atoms with E-state index in [4.69, 9.17) is 0 Å². The lowest BCUT2D eigenvalue weighted by Gasteiger charge is -2.11. The number of amides is 1. The number of sulfonamides is 1. The van der Waals surface area contributed by atoms with Gasteiger partial charge in [0.2, 0.25) is 5.91 Å². The second-order valence-corrected chi connectivity index (χ2v) is 9.20. The molecule has 4 rings (SSSR count). The van der Waals surface area contributed by atoms with Crippen molar-refractivity contribution in [1.82, 2.24) is 24.2 Å². The van der Waals surface area contributed by atoms with Crippen LogP contribution in [0.2, 0.25) is 0 Å². The Hall–Kier alpha value is -3.71. The summed E-state index contributed by atoms with van der Waals surface area (Å²) in [5, 5.41) is 9.69. The number of fused-ring (bicyclic) bond motifs is 3. The van der Waals surface area contributed by atoms with Crippen molar-refractivity contribution in [3.05, 3.63) is 63.8 Å². The number of nitrogens with one attached hydrogen (secondary N) is 2. The molecular formula is C21H19F2N5O5S. The molecular weight excluding hydrogens is 472 g/mol. The lowest BCUT2D eigenvalue weighted by atomic mass is 10.2. The largest absolute Gasteiger partial charge is 0.390 e. The maximum atomic E-state index is 14.9. The van der Waals surface area contributed by atoms with Gasteiger partial charge in [0.05, 0.1) is 41.0 Å². The molecule has 4 aromatic rings. The van der Waals surface area contributed by atoms with Gasteiger partial charge in [-0.2, -0.15) is 0 Å². The molecule has 0 aliphatic heterocycles. The minimum atomic E-state index is -4.47. The zero-order valence-corrected chi connectivity index (χ0v) is 18.6. The van der Waals surface area contributed by atoms with Crippen LogP contribution in [0, 0.1) is 11.6 Å². The van der Waals surface area contributed by atoms with Gasteiger partial charge in [0.15, 0.2) is 5.65 Å². The number of aromatic nitrogens is 4. The summed E-state index contributed by atoms with van der Waals surface area (Å²) in [6.45, 7) is 0.800. The minimum absolute atomic E-state index is 0.0662. The van der Waals surface area contributed by atoms with Crippen LogP contribution in [0.4, 0.5) is 8.78 Å². The number of H-pyrrole nitrogens is 1. The van der Waals surface area contributed by atoms with Gasteiger partial charge in [-0.3, -0.25) is 9.36 Å². The standard InChI is InChI=1S/C21H19F2N5O5S/c1-2-3-18(30)27-34(32,33)12-6-15(22)14(16(23)7-12)9-28-19-13-5-4-11(10-29)25-20(13)24-8-17(19)26-21(28)31/h4-8,29H,2-3,9-10H2,1H3,(H,26,31)(H,27,30). The highest BCUT2D eigenvalue weighted by molar-refractivity contribution is 7.90. The molecule has 34 heavy (non-hydrogen) atoms. The third kappa shape index (κ3) is 4.26. The average molecular weight is 491 g/mol. The average Bonchev–Trinajstić information content (AvgIpc) is 3.10. The monoisotopic (exact) mass is 491 g/mol. The number of benzene rings is 1. The maximum Gasteiger partial charge on any atom is 0.326 e. The van der Waals surface area contributed by atoms with Crippen LogP contribution >= 0.6 is 0 Å². The van der Waals surface area contributed by atoms with Crippen molar-refractivity contribution in [3.63, 3.8) is 0 Å². The normalized spacial score (nSPS) is 11.9. The molecule has 3 N–H and O–H groups in total. The molecule has 1 aromatic carbocycles. The first kappa shape index (κ1) is 23.4. The number of halogens is 2. The number of aliphatic hydroxyl groups is 1. The van der Waals surface area contributed by atoms with Gasteiger partial charge in [-0.05, 0) is 30.7 Å². The molecule has 3 heterocycles. The Morgan fingerprint density at radius 3 is 2.59 bits per heavy atom. The molecule has 0 atom stereocenters. The first-order chi connectivity index (χ1) is 16.1. The van der Waals surface area contributed by atoms with Crippen molar-refractivity contribution in [2.24, 2.45) is 0 Å². The quantitative estimate of drug-likeness (QED) is 0.356. The summed E-state index contributed by atoms with van der Waals surface area (Å²) in [5.41, 5.74) is -0.0608. The van der Waals surface area contributed by atoms with Crippen molar-refractivity contribution in [2.75, 3.05) is 0 Å². The predicted molar refractivity (Wildman–Crippen MR) is 117 cm³/mol. The van der Waals surface area contributed by atoms with Crippen LogP contribution in [-0.4, -0.2) is 39.0 Å². The van der Waals surface area contributed by atoms with Gasteiger partial charge < -0.3 is 10.1 Å². The summed E-state index contributed by atoms with van der Waals surface area (Å²) in [6.07, 6.45) is 1.66. The Bertz CT molecular complexity index is 1570. The number of carbonyl (C=O) groups is 1. The van der Waals surface area contributed by atoms with E-state index in [9.17, 15) is 31.9 Å². The molecule has 0 saturated carbocycles. The van der Waals surface area contributed by atoms with Crippen LogP contribution in [0.3, 0.4) is 0 Å². The van der Waals surface area contributed by atoms with Crippen LogP contribution in [-0.2, 0) is 28.0 Å².